The fourth-order valence-corrected chi connectivity index (χ4v) is 1.81. The van der Waals surface area contributed by atoms with E-state index in [1.54, 1.807) is 25.1 Å². The molecule has 19 heavy (non-hydrogen) atoms. The quantitative estimate of drug-likeness (QED) is 0.893. The lowest BCUT2D eigenvalue weighted by molar-refractivity contribution is -0.128. The molecule has 1 atom stereocenters. The maximum absolute atomic E-state index is 11.9. The molecule has 0 aliphatic rings. The first-order valence-corrected chi connectivity index (χ1v) is 6.58. The highest BCUT2D eigenvalue weighted by atomic mass is 35.5. The first-order chi connectivity index (χ1) is 8.74. The zero-order valence-electron chi connectivity index (χ0n) is 11.8. The molecule has 0 radical (unpaired) electrons. The lowest BCUT2D eigenvalue weighted by Crippen LogP contribution is -2.46. The van der Waals surface area contributed by atoms with Crippen molar-refractivity contribution in [1.82, 2.24) is 5.32 Å². The van der Waals surface area contributed by atoms with Crippen molar-refractivity contribution in [2.45, 2.75) is 45.9 Å². The van der Waals surface area contributed by atoms with Gasteiger partial charge in [-0.3, -0.25) is 4.79 Å². The Hall–Kier alpha value is -1.26. The van der Waals surface area contributed by atoms with Gasteiger partial charge in [0.05, 0.1) is 0 Å². The van der Waals surface area contributed by atoms with E-state index >= 15 is 0 Å². The molecule has 1 aromatic carbocycles. The van der Waals surface area contributed by atoms with Crippen LogP contribution in [0.1, 0.15) is 33.3 Å². The number of nitrogens with two attached hydrogens (primary N) is 1. The Morgan fingerprint density at radius 3 is 2.63 bits per heavy atom. The summed E-state index contributed by atoms with van der Waals surface area (Å²) in [5.41, 5.74) is 6.06. The molecule has 0 bridgehead atoms. The Morgan fingerprint density at radius 2 is 2.11 bits per heavy atom. The van der Waals surface area contributed by atoms with Crippen LogP contribution in [0.3, 0.4) is 0 Å². The van der Waals surface area contributed by atoms with Crippen LogP contribution in [0, 0.1) is 0 Å². The van der Waals surface area contributed by atoms with Gasteiger partial charge in [0, 0.05) is 22.7 Å². The zero-order chi connectivity index (χ0) is 14.6. The molecular weight excluding hydrogens is 264 g/mol. The molecule has 3 N–H and O–H groups in total. The molecule has 0 aliphatic carbocycles. The van der Waals surface area contributed by atoms with E-state index in [9.17, 15) is 4.79 Å². The minimum atomic E-state index is -0.608. The van der Waals surface area contributed by atoms with E-state index in [0.717, 1.165) is 0 Å². The largest absolute Gasteiger partial charge is 0.481 e. The molecule has 0 aromatic heterocycles. The number of carbonyl (C=O) groups is 1. The van der Waals surface area contributed by atoms with Crippen molar-refractivity contribution in [2.75, 3.05) is 0 Å². The second-order valence-corrected chi connectivity index (χ2v) is 5.83. The first kappa shape index (κ1) is 15.8. The Balaban J connectivity index is 2.80. The summed E-state index contributed by atoms with van der Waals surface area (Å²) in [6, 6.07) is 5.27. The smallest absolute Gasteiger partial charge is 0.261 e. The van der Waals surface area contributed by atoms with Crippen LogP contribution in [-0.2, 0) is 11.3 Å². The topological polar surface area (TPSA) is 64.3 Å². The molecule has 4 nitrogen and oxygen atoms in total. The minimum Gasteiger partial charge on any atom is -0.481 e. The van der Waals surface area contributed by atoms with Gasteiger partial charge in [-0.2, -0.15) is 0 Å². The molecule has 1 amide bonds. The number of ether oxygens (including phenoxy) is 1. The number of hydrogen-bond acceptors (Lipinski definition) is 3. The van der Waals surface area contributed by atoms with E-state index < -0.39 is 6.10 Å². The van der Waals surface area contributed by atoms with Gasteiger partial charge in [-0.15, -0.1) is 0 Å². The Kier molecular flexibility index (Phi) is 5.20. The highest BCUT2D eigenvalue weighted by Crippen LogP contribution is 2.26. The van der Waals surface area contributed by atoms with Crippen LogP contribution in [0.25, 0.3) is 0 Å². The summed E-state index contributed by atoms with van der Waals surface area (Å²) in [6.07, 6.45) is -0.608. The van der Waals surface area contributed by atoms with Crippen molar-refractivity contribution in [2.24, 2.45) is 5.73 Å². The number of halogens is 1. The van der Waals surface area contributed by atoms with Gasteiger partial charge >= 0.3 is 0 Å². The molecule has 0 saturated carbocycles. The third kappa shape index (κ3) is 4.73. The van der Waals surface area contributed by atoms with Crippen molar-refractivity contribution >= 4 is 17.5 Å². The number of carbonyl (C=O) groups excluding carboxylic acids is 1. The summed E-state index contributed by atoms with van der Waals surface area (Å²) >= 11 is 6.04. The first-order valence-electron chi connectivity index (χ1n) is 6.20. The second kappa shape index (κ2) is 6.26. The number of benzene rings is 1. The number of rotatable bonds is 4. The molecule has 0 spiro atoms. The van der Waals surface area contributed by atoms with Gasteiger partial charge in [0.1, 0.15) is 5.75 Å². The second-order valence-electron chi connectivity index (χ2n) is 5.42. The van der Waals surface area contributed by atoms with E-state index in [-0.39, 0.29) is 18.0 Å². The van der Waals surface area contributed by atoms with Crippen LogP contribution in [0.15, 0.2) is 18.2 Å². The van der Waals surface area contributed by atoms with Crippen molar-refractivity contribution in [3.63, 3.8) is 0 Å². The zero-order valence-corrected chi connectivity index (χ0v) is 12.5. The Labute approximate surface area is 119 Å². The summed E-state index contributed by atoms with van der Waals surface area (Å²) in [7, 11) is 0. The molecule has 1 aromatic rings. The predicted molar refractivity (Wildman–Crippen MR) is 77.3 cm³/mol. The maximum Gasteiger partial charge on any atom is 0.261 e. The lowest BCUT2D eigenvalue weighted by Gasteiger charge is -2.24. The van der Waals surface area contributed by atoms with Crippen LogP contribution in [0.2, 0.25) is 5.02 Å². The summed E-state index contributed by atoms with van der Waals surface area (Å²) in [6.45, 7) is 7.72. The SMILES string of the molecule is CC(Oc1cccc(Cl)c1CN)C(=O)NC(C)(C)C. The third-order valence-corrected chi connectivity index (χ3v) is 2.81. The number of nitrogens with one attached hydrogen (secondary N) is 1. The normalized spacial score (nSPS) is 12.9. The minimum absolute atomic E-state index is 0.171. The highest BCUT2D eigenvalue weighted by Gasteiger charge is 2.21. The van der Waals surface area contributed by atoms with Crippen molar-refractivity contribution < 1.29 is 9.53 Å². The van der Waals surface area contributed by atoms with Crippen molar-refractivity contribution in [3.05, 3.63) is 28.8 Å². The molecule has 0 heterocycles. The van der Waals surface area contributed by atoms with Crippen LogP contribution in [0.4, 0.5) is 0 Å². The van der Waals surface area contributed by atoms with Crippen molar-refractivity contribution in [3.8, 4) is 5.75 Å². The summed E-state index contributed by atoms with van der Waals surface area (Å²) in [4.78, 5) is 11.9. The predicted octanol–water partition coefficient (Wildman–Crippen LogP) is 2.48. The molecule has 0 fully saturated rings. The fraction of sp³-hybridized carbons (Fsp3) is 0.500. The van der Waals surface area contributed by atoms with E-state index in [4.69, 9.17) is 22.1 Å². The molecule has 1 rings (SSSR count). The Bertz CT molecular complexity index is 455. The van der Waals surface area contributed by atoms with Gasteiger partial charge in [-0.05, 0) is 39.8 Å². The molecular formula is C14H21ClN2O2. The van der Waals surface area contributed by atoms with E-state index in [2.05, 4.69) is 5.32 Å². The third-order valence-electron chi connectivity index (χ3n) is 2.45. The van der Waals surface area contributed by atoms with E-state index in [1.165, 1.54) is 0 Å². The average Bonchev–Trinajstić information content (AvgIpc) is 2.27. The lowest BCUT2D eigenvalue weighted by atomic mass is 10.1. The Morgan fingerprint density at radius 1 is 1.47 bits per heavy atom. The van der Waals surface area contributed by atoms with Crippen LogP contribution >= 0.6 is 11.6 Å². The highest BCUT2D eigenvalue weighted by molar-refractivity contribution is 6.31. The molecule has 106 valence electrons. The van der Waals surface area contributed by atoms with Gasteiger partial charge in [0.25, 0.3) is 5.91 Å². The summed E-state index contributed by atoms with van der Waals surface area (Å²) in [5, 5.41) is 3.41. The number of hydrogen-bond donors (Lipinski definition) is 2. The summed E-state index contributed by atoms with van der Waals surface area (Å²) in [5.74, 6) is 0.377. The van der Waals surface area contributed by atoms with Gasteiger partial charge < -0.3 is 15.8 Å². The number of amides is 1. The monoisotopic (exact) mass is 284 g/mol. The van der Waals surface area contributed by atoms with Gasteiger partial charge in [-0.1, -0.05) is 17.7 Å². The average molecular weight is 285 g/mol. The van der Waals surface area contributed by atoms with Crippen molar-refractivity contribution in [1.29, 1.82) is 0 Å². The van der Waals surface area contributed by atoms with Gasteiger partial charge in [0.15, 0.2) is 6.10 Å². The van der Waals surface area contributed by atoms with Gasteiger partial charge in [-0.25, -0.2) is 0 Å². The summed E-state index contributed by atoms with van der Waals surface area (Å²) < 4.78 is 5.65. The maximum atomic E-state index is 11.9. The van der Waals surface area contributed by atoms with E-state index in [1.807, 2.05) is 20.8 Å². The molecule has 1 unspecified atom stereocenters. The molecule has 0 aliphatic heterocycles. The van der Waals surface area contributed by atoms with E-state index in [0.29, 0.717) is 16.3 Å². The molecule has 0 saturated heterocycles. The fourth-order valence-electron chi connectivity index (χ4n) is 1.56. The molecule has 5 heteroatoms. The van der Waals surface area contributed by atoms with Gasteiger partial charge in [0.2, 0.25) is 0 Å². The van der Waals surface area contributed by atoms with Crippen LogP contribution < -0.4 is 15.8 Å². The standard InChI is InChI=1S/C14H21ClN2O2/c1-9(13(18)17-14(2,3)4)19-12-7-5-6-11(15)10(12)8-16/h5-7,9H,8,16H2,1-4H3,(H,17,18). The van der Waals surface area contributed by atoms with Crippen LogP contribution in [-0.4, -0.2) is 17.6 Å². The van der Waals surface area contributed by atoms with Crippen LogP contribution in [0.5, 0.6) is 5.75 Å².